The van der Waals surface area contributed by atoms with Crippen LogP contribution in [0.1, 0.15) is 20.8 Å². The molecular weight excluding hydrogens is 152 g/mol. The summed E-state index contributed by atoms with van der Waals surface area (Å²) >= 11 is 0. The van der Waals surface area contributed by atoms with E-state index in [1.54, 1.807) is 31.2 Å². The predicted molar refractivity (Wildman–Crippen MR) is 52.2 cm³/mol. The summed E-state index contributed by atoms with van der Waals surface area (Å²) in [4.78, 5) is 0. The molecular formula is C10H18O2. The zero-order valence-electron chi connectivity index (χ0n) is 7.99. The second-order valence-corrected chi connectivity index (χ2v) is 1.65. The highest BCUT2D eigenvalue weighted by Gasteiger charge is 1.74. The third-order valence-electron chi connectivity index (χ3n) is 0.756. The molecule has 0 aromatic heterocycles. The van der Waals surface area contributed by atoms with Crippen molar-refractivity contribution >= 4 is 0 Å². The molecule has 0 aliphatic carbocycles. The van der Waals surface area contributed by atoms with E-state index >= 15 is 0 Å². The number of hydrogen-bond acceptors (Lipinski definition) is 2. The molecule has 1 rings (SSSR count). The normalized spacial score (nSPS) is 7.00. The highest BCUT2D eigenvalue weighted by atomic mass is 16.3. The molecule has 2 nitrogen and oxygen atoms in total. The maximum absolute atomic E-state index is 8.63. The van der Waals surface area contributed by atoms with E-state index in [0.717, 1.165) is 0 Å². The number of phenols is 1. The Hall–Kier alpha value is -1.02. The van der Waals surface area contributed by atoms with Gasteiger partial charge in [0.2, 0.25) is 0 Å². The molecule has 0 bridgehead atoms. The van der Waals surface area contributed by atoms with Crippen LogP contribution in [0.2, 0.25) is 0 Å². The van der Waals surface area contributed by atoms with Crippen molar-refractivity contribution in [2.75, 3.05) is 6.61 Å². The van der Waals surface area contributed by atoms with Gasteiger partial charge in [-0.1, -0.05) is 32.0 Å². The second kappa shape index (κ2) is 12.6. The number of phenolic OH excluding ortho intramolecular Hbond substituents is 1. The first-order chi connectivity index (χ1) is 5.81. The van der Waals surface area contributed by atoms with E-state index in [1.165, 1.54) is 0 Å². The summed E-state index contributed by atoms with van der Waals surface area (Å²) in [6.07, 6.45) is 0. The van der Waals surface area contributed by atoms with Crippen molar-refractivity contribution in [3.8, 4) is 5.75 Å². The van der Waals surface area contributed by atoms with Gasteiger partial charge >= 0.3 is 0 Å². The van der Waals surface area contributed by atoms with Gasteiger partial charge in [-0.3, -0.25) is 0 Å². The van der Waals surface area contributed by atoms with Crippen LogP contribution in [-0.2, 0) is 0 Å². The van der Waals surface area contributed by atoms with Crippen molar-refractivity contribution < 1.29 is 10.2 Å². The SMILES string of the molecule is CC.CCO.Oc1ccccc1. The van der Waals surface area contributed by atoms with Crippen LogP contribution in [0.25, 0.3) is 0 Å². The number of aliphatic hydroxyl groups is 1. The zero-order chi connectivity index (χ0) is 9.82. The monoisotopic (exact) mass is 170 g/mol. The van der Waals surface area contributed by atoms with E-state index in [9.17, 15) is 0 Å². The Morgan fingerprint density at radius 1 is 1.08 bits per heavy atom. The maximum Gasteiger partial charge on any atom is 0.115 e. The summed E-state index contributed by atoms with van der Waals surface area (Å²) in [7, 11) is 0. The van der Waals surface area contributed by atoms with Crippen LogP contribution < -0.4 is 0 Å². The second-order valence-electron chi connectivity index (χ2n) is 1.65. The summed E-state index contributed by atoms with van der Waals surface area (Å²) in [6.45, 7) is 5.93. The van der Waals surface area contributed by atoms with Crippen LogP contribution in [-0.4, -0.2) is 16.8 Å². The Balaban J connectivity index is 0. The minimum Gasteiger partial charge on any atom is -0.508 e. The summed E-state index contributed by atoms with van der Waals surface area (Å²) in [5.74, 6) is 0.322. The maximum atomic E-state index is 8.63. The van der Waals surface area contributed by atoms with Crippen LogP contribution in [0, 0.1) is 0 Å². The van der Waals surface area contributed by atoms with Gasteiger partial charge < -0.3 is 10.2 Å². The topological polar surface area (TPSA) is 40.5 Å². The Morgan fingerprint density at radius 3 is 1.58 bits per heavy atom. The van der Waals surface area contributed by atoms with Crippen molar-refractivity contribution in [2.24, 2.45) is 0 Å². The van der Waals surface area contributed by atoms with E-state index in [2.05, 4.69) is 0 Å². The Morgan fingerprint density at radius 2 is 1.42 bits per heavy atom. The molecule has 2 N–H and O–H groups in total. The van der Waals surface area contributed by atoms with Gasteiger partial charge in [-0.25, -0.2) is 0 Å². The standard InChI is InChI=1S/C6H6O.C2H6O.C2H6/c7-6-4-2-1-3-5-6;1-2-3;1-2/h1-5,7H;3H,2H2,1H3;1-2H3. The molecule has 0 spiro atoms. The number of rotatable bonds is 0. The lowest BCUT2D eigenvalue weighted by atomic mass is 10.3. The molecule has 1 aromatic carbocycles. The van der Waals surface area contributed by atoms with Crippen molar-refractivity contribution in [3.05, 3.63) is 30.3 Å². The van der Waals surface area contributed by atoms with Crippen LogP contribution in [0.3, 0.4) is 0 Å². The van der Waals surface area contributed by atoms with Gasteiger partial charge in [0.25, 0.3) is 0 Å². The number of hydrogen-bond donors (Lipinski definition) is 2. The zero-order valence-corrected chi connectivity index (χ0v) is 7.99. The van der Waals surface area contributed by atoms with E-state index in [0.29, 0.717) is 5.75 Å². The smallest absolute Gasteiger partial charge is 0.115 e. The minimum absolute atomic E-state index is 0.250. The molecule has 0 saturated carbocycles. The minimum atomic E-state index is 0.250. The van der Waals surface area contributed by atoms with Gasteiger partial charge in [0.15, 0.2) is 0 Å². The summed E-state index contributed by atoms with van der Waals surface area (Å²) in [5.41, 5.74) is 0. The third kappa shape index (κ3) is 11.7. The first kappa shape index (κ1) is 13.6. The third-order valence-corrected chi connectivity index (χ3v) is 0.756. The lowest BCUT2D eigenvalue weighted by molar-refractivity contribution is 0.318. The molecule has 0 aliphatic rings. The average Bonchev–Trinajstić information content (AvgIpc) is 2.11. The number of aromatic hydroxyl groups is 1. The molecule has 0 radical (unpaired) electrons. The lowest BCUT2D eigenvalue weighted by Crippen LogP contribution is -1.57. The van der Waals surface area contributed by atoms with Crippen molar-refractivity contribution in [1.29, 1.82) is 0 Å². The van der Waals surface area contributed by atoms with Crippen LogP contribution in [0.4, 0.5) is 0 Å². The van der Waals surface area contributed by atoms with Crippen LogP contribution in [0.5, 0.6) is 5.75 Å². The molecule has 0 saturated heterocycles. The highest BCUT2D eigenvalue weighted by Crippen LogP contribution is 2.02. The summed E-state index contributed by atoms with van der Waals surface area (Å²) < 4.78 is 0. The molecule has 0 unspecified atom stereocenters. The van der Waals surface area contributed by atoms with E-state index < -0.39 is 0 Å². The van der Waals surface area contributed by atoms with Gasteiger partial charge in [-0.05, 0) is 19.1 Å². The summed E-state index contributed by atoms with van der Waals surface area (Å²) in [5, 5.41) is 16.2. The molecule has 0 atom stereocenters. The Kier molecular flexibility index (Phi) is 14.3. The molecule has 0 heterocycles. The molecule has 12 heavy (non-hydrogen) atoms. The Labute approximate surface area is 74.5 Å². The first-order valence-electron chi connectivity index (χ1n) is 4.16. The number of aliphatic hydroxyl groups excluding tert-OH is 1. The van der Waals surface area contributed by atoms with Gasteiger partial charge in [-0.15, -0.1) is 0 Å². The van der Waals surface area contributed by atoms with Crippen LogP contribution >= 0.6 is 0 Å². The van der Waals surface area contributed by atoms with E-state index in [-0.39, 0.29) is 6.61 Å². The number of para-hydroxylation sites is 1. The van der Waals surface area contributed by atoms with Gasteiger partial charge in [0.05, 0.1) is 0 Å². The molecule has 70 valence electrons. The lowest BCUT2D eigenvalue weighted by Gasteiger charge is -1.82. The van der Waals surface area contributed by atoms with Crippen molar-refractivity contribution in [1.82, 2.24) is 0 Å². The van der Waals surface area contributed by atoms with E-state index in [1.807, 2.05) is 19.9 Å². The van der Waals surface area contributed by atoms with Gasteiger partial charge in [0.1, 0.15) is 5.75 Å². The summed E-state index contributed by atoms with van der Waals surface area (Å²) in [6, 6.07) is 8.71. The molecule has 0 fully saturated rings. The number of benzene rings is 1. The first-order valence-corrected chi connectivity index (χ1v) is 4.16. The highest BCUT2D eigenvalue weighted by molar-refractivity contribution is 5.18. The van der Waals surface area contributed by atoms with Crippen molar-refractivity contribution in [2.45, 2.75) is 20.8 Å². The fraction of sp³-hybridized carbons (Fsp3) is 0.400. The van der Waals surface area contributed by atoms with Crippen LogP contribution in [0.15, 0.2) is 30.3 Å². The molecule has 1 aromatic rings. The average molecular weight is 170 g/mol. The Bertz CT molecular complexity index is 149. The quantitative estimate of drug-likeness (QED) is 0.627. The molecule has 0 amide bonds. The largest absolute Gasteiger partial charge is 0.508 e. The fourth-order valence-electron chi connectivity index (χ4n) is 0.428. The van der Waals surface area contributed by atoms with Crippen molar-refractivity contribution in [3.63, 3.8) is 0 Å². The van der Waals surface area contributed by atoms with Gasteiger partial charge in [-0.2, -0.15) is 0 Å². The molecule has 0 aliphatic heterocycles. The van der Waals surface area contributed by atoms with E-state index in [4.69, 9.17) is 10.2 Å². The predicted octanol–water partition coefficient (Wildman–Crippen LogP) is 2.42. The fourth-order valence-corrected chi connectivity index (χ4v) is 0.428. The molecule has 2 heteroatoms. The van der Waals surface area contributed by atoms with Gasteiger partial charge in [0, 0.05) is 6.61 Å².